The maximum absolute atomic E-state index is 8.24. The standard InChI is InChI=1S/C3H9NO.ClH.H2O/c1-3(5)2-4;;/h3,5H,2,4H2,1H3;1H;1H2. The zero-order valence-electron chi connectivity index (χ0n) is 4.22. The van der Waals surface area contributed by atoms with Crippen LogP contribution in [-0.2, 0) is 0 Å². The summed E-state index contributed by atoms with van der Waals surface area (Å²) in [4.78, 5) is 0. The fourth-order valence-corrected chi connectivity index (χ4v) is 0. The van der Waals surface area contributed by atoms with Crippen molar-refractivity contribution in [3.05, 3.63) is 0 Å². The summed E-state index contributed by atoms with van der Waals surface area (Å²) in [7, 11) is 0. The van der Waals surface area contributed by atoms with Crippen molar-refractivity contribution in [1.82, 2.24) is 0 Å². The number of nitrogens with two attached hydrogens (primary N) is 1. The molecule has 5 N–H and O–H groups in total. The summed E-state index contributed by atoms with van der Waals surface area (Å²) in [6, 6.07) is 0. The number of hydrogen-bond donors (Lipinski definition) is 2. The average molecular weight is 130 g/mol. The second-order valence-electron chi connectivity index (χ2n) is 1.08. The van der Waals surface area contributed by atoms with Gasteiger partial charge in [0.1, 0.15) is 0 Å². The maximum atomic E-state index is 8.24. The van der Waals surface area contributed by atoms with Crippen LogP contribution in [0.4, 0.5) is 0 Å². The molecule has 0 spiro atoms. The lowest BCUT2D eigenvalue weighted by molar-refractivity contribution is 0.203. The number of aliphatic hydroxyl groups excluding tert-OH is 1. The van der Waals surface area contributed by atoms with E-state index in [0.717, 1.165) is 0 Å². The second-order valence-corrected chi connectivity index (χ2v) is 1.08. The number of hydrogen-bond acceptors (Lipinski definition) is 2. The van der Waals surface area contributed by atoms with Crippen LogP contribution in [0, 0.1) is 0 Å². The molecule has 3 nitrogen and oxygen atoms in total. The van der Waals surface area contributed by atoms with E-state index in [-0.39, 0.29) is 24.0 Å². The van der Waals surface area contributed by atoms with E-state index in [1.165, 1.54) is 0 Å². The molecule has 0 saturated carbocycles. The Kier molecular flexibility index (Phi) is 21.3. The van der Waals surface area contributed by atoms with Gasteiger partial charge in [0.05, 0.1) is 6.10 Å². The molecular weight excluding hydrogens is 117 g/mol. The third-order valence-electron chi connectivity index (χ3n) is 0.341. The molecule has 0 rings (SSSR count). The smallest absolute Gasteiger partial charge is 0.0634 e. The van der Waals surface area contributed by atoms with Crippen LogP contribution < -0.4 is 5.73 Å². The third kappa shape index (κ3) is 22.8. The minimum Gasteiger partial charge on any atom is -0.412 e. The minimum absolute atomic E-state index is 0. The molecule has 1 unspecified atom stereocenters. The van der Waals surface area contributed by atoms with Crippen molar-refractivity contribution in [3.63, 3.8) is 0 Å². The first-order valence-corrected chi connectivity index (χ1v) is 1.65. The molecule has 0 aliphatic heterocycles. The predicted octanol–water partition coefficient (Wildman–Crippen LogP) is -1.08. The third-order valence-corrected chi connectivity index (χ3v) is 0.341. The molecule has 0 aromatic carbocycles. The van der Waals surface area contributed by atoms with Gasteiger partial charge in [0.25, 0.3) is 0 Å². The van der Waals surface area contributed by atoms with Crippen molar-refractivity contribution >= 4 is 12.4 Å². The van der Waals surface area contributed by atoms with Crippen LogP contribution in [0.2, 0.25) is 0 Å². The molecule has 0 radical (unpaired) electrons. The van der Waals surface area contributed by atoms with E-state index >= 15 is 0 Å². The molecule has 0 aromatic heterocycles. The topological polar surface area (TPSA) is 77.8 Å². The summed E-state index contributed by atoms with van der Waals surface area (Å²) >= 11 is 0. The lowest BCUT2D eigenvalue weighted by atomic mass is 10.4. The zero-order chi connectivity index (χ0) is 4.28. The fraction of sp³-hybridized carbons (Fsp3) is 1.00. The van der Waals surface area contributed by atoms with Gasteiger partial charge in [-0.3, -0.25) is 0 Å². The molecular formula is C3H12ClNO2. The SMILES string of the molecule is CC(O)CN.Cl.O. The fourth-order valence-electron chi connectivity index (χ4n) is 0. The summed E-state index contributed by atoms with van der Waals surface area (Å²) < 4.78 is 0. The molecule has 1 atom stereocenters. The summed E-state index contributed by atoms with van der Waals surface area (Å²) in [5.41, 5.74) is 4.92. The molecule has 0 bridgehead atoms. The van der Waals surface area contributed by atoms with Gasteiger partial charge in [-0.25, -0.2) is 0 Å². The Balaban J connectivity index is -0.0000000800. The van der Waals surface area contributed by atoms with Crippen molar-refractivity contribution < 1.29 is 10.6 Å². The van der Waals surface area contributed by atoms with Gasteiger partial charge in [-0.2, -0.15) is 0 Å². The lowest BCUT2D eigenvalue weighted by Crippen LogP contribution is -2.14. The van der Waals surface area contributed by atoms with E-state index in [2.05, 4.69) is 0 Å². The van der Waals surface area contributed by atoms with Gasteiger partial charge >= 0.3 is 0 Å². The highest BCUT2D eigenvalue weighted by Gasteiger charge is 1.81. The normalized spacial score (nSPS) is 10.7. The van der Waals surface area contributed by atoms with Gasteiger partial charge in [0, 0.05) is 6.54 Å². The zero-order valence-corrected chi connectivity index (χ0v) is 5.03. The van der Waals surface area contributed by atoms with Gasteiger partial charge in [0.2, 0.25) is 0 Å². The van der Waals surface area contributed by atoms with Gasteiger partial charge in [-0.1, -0.05) is 0 Å². The molecule has 48 valence electrons. The van der Waals surface area contributed by atoms with E-state index < -0.39 is 0 Å². The number of rotatable bonds is 1. The van der Waals surface area contributed by atoms with E-state index in [9.17, 15) is 0 Å². The monoisotopic (exact) mass is 129 g/mol. The molecule has 0 amide bonds. The molecule has 0 aliphatic carbocycles. The van der Waals surface area contributed by atoms with Crippen LogP contribution in [0.5, 0.6) is 0 Å². The average Bonchev–Trinajstić information content (AvgIpc) is 1.38. The highest BCUT2D eigenvalue weighted by atomic mass is 35.5. The molecule has 0 fully saturated rings. The molecule has 0 aromatic rings. The Bertz CT molecular complexity index is 26.9. The first kappa shape index (κ1) is 15.7. The van der Waals surface area contributed by atoms with Crippen LogP contribution in [-0.4, -0.2) is 23.2 Å². The lowest BCUT2D eigenvalue weighted by Gasteiger charge is -1.91. The summed E-state index contributed by atoms with van der Waals surface area (Å²) in [5, 5.41) is 8.24. The summed E-state index contributed by atoms with van der Waals surface area (Å²) in [5.74, 6) is 0. The molecule has 0 heterocycles. The van der Waals surface area contributed by atoms with Crippen LogP contribution in [0.25, 0.3) is 0 Å². The van der Waals surface area contributed by atoms with Gasteiger partial charge < -0.3 is 16.3 Å². The molecule has 0 aliphatic rings. The Morgan fingerprint density at radius 2 is 1.86 bits per heavy atom. The molecule has 4 heteroatoms. The number of halogens is 1. The maximum Gasteiger partial charge on any atom is 0.0634 e. The predicted molar refractivity (Wildman–Crippen MR) is 31.6 cm³/mol. The van der Waals surface area contributed by atoms with Crippen molar-refractivity contribution in [2.75, 3.05) is 6.54 Å². The van der Waals surface area contributed by atoms with Gasteiger partial charge in [0.15, 0.2) is 0 Å². The Morgan fingerprint density at radius 1 is 1.71 bits per heavy atom. The Labute approximate surface area is 49.2 Å². The van der Waals surface area contributed by atoms with Crippen molar-refractivity contribution in [3.8, 4) is 0 Å². The van der Waals surface area contributed by atoms with E-state index in [1.807, 2.05) is 0 Å². The number of aliphatic hydroxyl groups is 1. The summed E-state index contributed by atoms with van der Waals surface area (Å²) in [6.07, 6.45) is -0.338. The van der Waals surface area contributed by atoms with Crippen LogP contribution in [0.15, 0.2) is 0 Å². The van der Waals surface area contributed by atoms with Crippen molar-refractivity contribution in [2.24, 2.45) is 5.73 Å². The van der Waals surface area contributed by atoms with Gasteiger partial charge in [-0.15, -0.1) is 12.4 Å². The first-order valence-electron chi connectivity index (χ1n) is 1.65. The Morgan fingerprint density at radius 3 is 1.86 bits per heavy atom. The van der Waals surface area contributed by atoms with E-state index in [0.29, 0.717) is 6.54 Å². The van der Waals surface area contributed by atoms with Crippen LogP contribution in [0.3, 0.4) is 0 Å². The van der Waals surface area contributed by atoms with Crippen LogP contribution >= 0.6 is 12.4 Å². The Hall–Kier alpha value is 0.170. The van der Waals surface area contributed by atoms with E-state index in [4.69, 9.17) is 10.8 Å². The van der Waals surface area contributed by atoms with Crippen LogP contribution in [0.1, 0.15) is 6.92 Å². The van der Waals surface area contributed by atoms with E-state index in [1.54, 1.807) is 6.92 Å². The summed E-state index contributed by atoms with van der Waals surface area (Å²) in [6.45, 7) is 2.01. The highest BCUT2D eigenvalue weighted by Crippen LogP contribution is 1.65. The minimum atomic E-state index is -0.338. The first-order chi connectivity index (χ1) is 2.27. The van der Waals surface area contributed by atoms with Crippen molar-refractivity contribution in [2.45, 2.75) is 13.0 Å². The largest absolute Gasteiger partial charge is 0.412 e. The highest BCUT2D eigenvalue weighted by molar-refractivity contribution is 5.85. The van der Waals surface area contributed by atoms with Crippen molar-refractivity contribution in [1.29, 1.82) is 0 Å². The molecule has 0 saturated heterocycles. The van der Waals surface area contributed by atoms with Gasteiger partial charge in [-0.05, 0) is 6.92 Å². The molecule has 7 heavy (non-hydrogen) atoms. The quantitative estimate of drug-likeness (QED) is 0.473. The second kappa shape index (κ2) is 9.48.